The van der Waals surface area contributed by atoms with Crippen molar-refractivity contribution in [1.82, 2.24) is 4.90 Å². The minimum absolute atomic E-state index is 0.153. The SMILES string of the molecule is O=C(CCCCc1ccccc1)N1C(=O)OC[C@@H]1c1ccccc1. The Labute approximate surface area is 142 Å². The van der Waals surface area contributed by atoms with Gasteiger partial charge in [-0.1, -0.05) is 60.7 Å². The van der Waals surface area contributed by atoms with E-state index < -0.39 is 6.09 Å². The lowest BCUT2D eigenvalue weighted by molar-refractivity contribution is -0.129. The molecule has 0 unspecified atom stereocenters. The first-order valence-corrected chi connectivity index (χ1v) is 8.33. The van der Waals surface area contributed by atoms with Gasteiger partial charge in [0, 0.05) is 6.42 Å². The summed E-state index contributed by atoms with van der Waals surface area (Å²) in [5, 5.41) is 0. The molecule has 3 rings (SSSR count). The van der Waals surface area contributed by atoms with Crippen LogP contribution in [0.3, 0.4) is 0 Å². The Bertz CT molecular complexity index is 685. The van der Waals surface area contributed by atoms with Crippen LogP contribution in [0, 0.1) is 0 Å². The highest BCUT2D eigenvalue weighted by molar-refractivity contribution is 5.93. The van der Waals surface area contributed by atoms with Gasteiger partial charge < -0.3 is 4.74 Å². The van der Waals surface area contributed by atoms with Gasteiger partial charge in [0.25, 0.3) is 0 Å². The molecule has 1 heterocycles. The van der Waals surface area contributed by atoms with E-state index in [2.05, 4.69) is 12.1 Å². The van der Waals surface area contributed by atoms with E-state index in [0.717, 1.165) is 24.8 Å². The van der Waals surface area contributed by atoms with Crippen molar-refractivity contribution in [2.75, 3.05) is 6.61 Å². The van der Waals surface area contributed by atoms with Crippen LogP contribution in [0.2, 0.25) is 0 Å². The van der Waals surface area contributed by atoms with Crippen molar-refractivity contribution in [1.29, 1.82) is 0 Å². The Morgan fingerprint density at radius 3 is 2.38 bits per heavy atom. The number of rotatable bonds is 6. The lowest BCUT2D eigenvalue weighted by Crippen LogP contribution is -2.34. The number of imide groups is 1. The molecule has 24 heavy (non-hydrogen) atoms. The van der Waals surface area contributed by atoms with Crippen molar-refractivity contribution in [3.05, 3.63) is 71.8 Å². The van der Waals surface area contributed by atoms with Crippen LogP contribution in [0.4, 0.5) is 4.79 Å². The van der Waals surface area contributed by atoms with Crippen LogP contribution in [0.1, 0.15) is 36.4 Å². The van der Waals surface area contributed by atoms with E-state index in [1.165, 1.54) is 10.5 Å². The monoisotopic (exact) mass is 323 g/mol. The van der Waals surface area contributed by atoms with Crippen molar-refractivity contribution < 1.29 is 14.3 Å². The van der Waals surface area contributed by atoms with E-state index in [9.17, 15) is 9.59 Å². The third-order valence-corrected chi connectivity index (χ3v) is 4.28. The highest BCUT2D eigenvalue weighted by atomic mass is 16.6. The fourth-order valence-corrected chi connectivity index (χ4v) is 2.99. The quantitative estimate of drug-likeness (QED) is 0.751. The van der Waals surface area contributed by atoms with Crippen molar-refractivity contribution in [2.45, 2.75) is 31.7 Å². The summed E-state index contributed by atoms with van der Waals surface area (Å²) >= 11 is 0. The highest BCUT2D eigenvalue weighted by Crippen LogP contribution is 2.28. The van der Waals surface area contributed by atoms with E-state index in [1.54, 1.807) is 0 Å². The number of cyclic esters (lactones) is 1. The highest BCUT2D eigenvalue weighted by Gasteiger charge is 2.38. The molecule has 4 heteroatoms. The molecule has 0 bridgehead atoms. The molecule has 1 aliphatic heterocycles. The molecule has 0 aromatic heterocycles. The van der Waals surface area contributed by atoms with Crippen LogP contribution >= 0.6 is 0 Å². The second-order valence-electron chi connectivity index (χ2n) is 5.96. The van der Waals surface area contributed by atoms with E-state index >= 15 is 0 Å². The van der Waals surface area contributed by atoms with Crippen LogP contribution in [0.5, 0.6) is 0 Å². The van der Waals surface area contributed by atoms with Crippen LogP contribution in [0.25, 0.3) is 0 Å². The second kappa shape index (κ2) is 7.77. The van der Waals surface area contributed by atoms with Crippen LogP contribution in [0.15, 0.2) is 60.7 Å². The standard InChI is InChI=1S/C20H21NO3/c22-19(14-8-7-11-16-9-3-1-4-10-16)21-18(15-24-20(21)23)17-12-5-2-6-13-17/h1-6,9-10,12-13,18H,7-8,11,14-15H2/t18-/m1/s1. The molecule has 4 nitrogen and oxygen atoms in total. The normalized spacial score (nSPS) is 16.9. The number of ether oxygens (including phenoxy) is 1. The number of unbranched alkanes of at least 4 members (excludes halogenated alkanes) is 1. The summed E-state index contributed by atoms with van der Waals surface area (Å²) in [6.45, 7) is 0.235. The van der Waals surface area contributed by atoms with Gasteiger partial charge in [0.15, 0.2) is 0 Å². The molecule has 124 valence electrons. The second-order valence-corrected chi connectivity index (χ2v) is 5.96. The lowest BCUT2D eigenvalue weighted by atomic mass is 10.0. The number of hydrogen-bond acceptors (Lipinski definition) is 3. The third-order valence-electron chi connectivity index (χ3n) is 4.28. The molecule has 1 aliphatic rings. The zero-order valence-electron chi connectivity index (χ0n) is 13.6. The summed E-state index contributed by atoms with van der Waals surface area (Å²) in [4.78, 5) is 25.7. The summed E-state index contributed by atoms with van der Waals surface area (Å²) in [6, 6.07) is 19.5. The van der Waals surface area contributed by atoms with Gasteiger partial charge >= 0.3 is 6.09 Å². The molecule has 2 amide bonds. The third kappa shape index (κ3) is 3.82. The lowest BCUT2D eigenvalue weighted by Gasteiger charge is -2.19. The topological polar surface area (TPSA) is 46.6 Å². The fraction of sp³-hybridized carbons (Fsp3) is 0.300. The number of amides is 2. The minimum atomic E-state index is -0.531. The van der Waals surface area contributed by atoms with E-state index in [-0.39, 0.29) is 18.6 Å². The van der Waals surface area contributed by atoms with Gasteiger partial charge in [-0.3, -0.25) is 4.79 Å². The summed E-state index contributed by atoms with van der Waals surface area (Å²) in [5.74, 6) is -0.153. The zero-order valence-corrected chi connectivity index (χ0v) is 13.6. The Kier molecular flexibility index (Phi) is 5.26. The average Bonchev–Trinajstić information content (AvgIpc) is 3.02. The van der Waals surface area contributed by atoms with E-state index in [1.807, 2.05) is 48.5 Å². The van der Waals surface area contributed by atoms with Crippen molar-refractivity contribution in [2.24, 2.45) is 0 Å². The largest absolute Gasteiger partial charge is 0.446 e. The molecule has 1 fully saturated rings. The first-order valence-electron chi connectivity index (χ1n) is 8.33. The maximum Gasteiger partial charge on any atom is 0.417 e. The predicted molar refractivity (Wildman–Crippen MR) is 91.4 cm³/mol. The van der Waals surface area contributed by atoms with E-state index in [4.69, 9.17) is 4.74 Å². The van der Waals surface area contributed by atoms with Crippen molar-refractivity contribution in [3.8, 4) is 0 Å². The molecule has 0 saturated carbocycles. The van der Waals surface area contributed by atoms with E-state index in [0.29, 0.717) is 6.42 Å². The number of carbonyl (C=O) groups excluding carboxylic acids is 2. The summed E-state index contributed by atoms with van der Waals surface area (Å²) < 4.78 is 5.10. The molecule has 0 spiro atoms. The Balaban J connectivity index is 1.54. The molecule has 0 N–H and O–H groups in total. The summed E-state index contributed by atoms with van der Waals surface area (Å²) in [7, 11) is 0. The van der Waals surface area contributed by atoms with Crippen LogP contribution < -0.4 is 0 Å². The smallest absolute Gasteiger partial charge is 0.417 e. The molecular formula is C20H21NO3. The van der Waals surface area contributed by atoms with Gasteiger partial charge in [-0.2, -0.15) is 0 Å². The Morgan fingerprint density at radius 2 is 1.67 bits per heavy atom. The molecule has 2 aromatic carbocycles. The molecule has 1 saturated heterocycles. The minimum Gasteiger partial charge on any atom is -0.446 e. The fourth-order valence-electron chi connectivity index (χ4n) is 2.99. The van der Waals surface area contributed by atoms with Gasteiger partial charge in [0.2, 0.25) is 5.91 Å². The Hall–Kier alpha value is -2.62. The van der Waals surface area contributed by atoms with Crippen LogP contribution in [-0.2, 0) is 16.0 Å². The Morgan fingerprint density at radius 1 is 1.00 bits per heavy atom. The maximum atomic E-state index is 12.5. The summed E-state index contributed by atoms with van der Waals surface area (Å²) in [5.41, 5.74) is 2.20. The number of carbonyl (C=O) groups is 2. The molecular weight excluding hydrogens is 302 g/mol. The van der Waals surface area contributed by atoms with Crippen molar-refractivity contribution >= 4 is 12.0 Å². The predicted octanol–water partition coefficient (Wildman–Crippen LogP) is 4.12. The average molecular weight is 323 g/mol. The molecule has 1 atom stereocenters. The van der Waals surface area contributed by atoms with Gasteiger partial charge in [0.1, 0.15) is 12.6 Å². The van der Waals surface area contributed by atoms with Gasteiger partial charge in [-0.15, -0.1) is 0 Å². The number of hydrogen-bond donors (Lipinski definition) is 0. The number of aryl methyl sites for hydroxylation is 1. The van der Waals surface area contributed by atoms with Gasteiger partial charge in [-0.05, 0) is 30.4 Å². The zero-order chi connectivity index (χ0) is 16.8. The first kappa shape index (κ1) is 16.2. The van der Waals surface area contributed by atoms with Crippen LogP contribution in [-0.4, -0.2) is 23.5 Å². The van der Waals surface area contributed by atoms with Gasteiger partial charge in [0.05, 0.1) is 0 Å². The maximum absolute atomic E-state index is 12.5. The summed E-state index contributed by atoms with van der Waals surface area (Å²) in [6.07, 6.45) is 2.47. The molecule has 2 aromatic rings. The molecule has 0 aliphatic carbocycles. The molecule has 0 radical (unpaired) electrons. The van der Waals surface area contributed by atoms with Crippen molar-refractivity contribution in [3.63, 3.8) is 0 Å². The van der Waals surface area contributed by atoms with Gasteiger partial charge in [-0.25, -0.2) is 9.69 Å². The number of nitrogens with zero attached hydrogens (tertiary/aromatic N) is 1. The number of benzene rings is 2. The first-order chi connectivity index (χ1) is 11.8.